The Hall–Kier alpha value is -2.78. The van der Waals surface area contributed by atoms with Gasteiger partial charge in [-0.3, -0.25) is 14.4 Å². The van der Waals surface area contributed by atoms with Crippen LogP contribution < -0.4 is 21.3 Å². The Labute approximate surface area is 297 Å². The summed E-state index contributed by atoms with van der Waals surface area (Å²) in [5.41, 5.74) is 0.778. The van der Waals surface area contributed by atoms with Crippen molar-refractivity contribution in [2.45, 2.75) is 131 Å². The molecule has 1 aromatic heterocycles. The molecule has 0 saturated carbocycles. The van der Waals surface area contributed by atoms with E-state index in [1.807, 2.05) is 53.8 Å². The fraction of sp³-hybridized carbons (Fsp3) is 0.794. The SMILES string of the molecule is CCC(CC)S(=O)(=O)CC(NC(=O)OCc1nc(C)cs1)C(=O)N[C@H](CC(C)C)[C@H](C[C@@H](C)C(=O)N[C@@H](C(=O)NCC(C)C)C(C)C)OC. The van der Waals surface area contributed by atoms with Gasteiger partial charge in [0.1, 0.15) is 23.7 Å². The fourth-order valence-electron chi connectivity index (χ4n) is 5.35. The van der Waals surface area contributed by atoms with Crippen molar-refractivity contribution in [3.8, 4) is 0 Å². The third-order valence-corrected chi connectivity index (χ3v) is 11.6. The normalized spacial score (nSPS) is 15.1. The number of nitrogens with one attached hydrogen (secondary N) is 4. The molecule has 0 aliphatic heterocycles. The molecule has 0 aromatic carbocycles. The second kappa shape index (κ2) is 21.4. The minimum atomic E-state index is -3.78. The summed E-state index contributed by atoms with van der Waals surface area (Å²) < 4.78 is 37.7. The Kier molecular flexibility index (Phi) is 19.4. The second-order valence-corrected chi connectivity index (χ2v) is 17.2. The second-order valence-electron chi connectivity index (χ2n) is 13.9. The lowest BCUT2D eigenvalue weighted by Crippen LogP contribution is -2.56. The Morgan fingerprint density at radius 3 is 2.00 bits per heavy atom. The van der Waals surface area contributed by atoms with E-state index in [0.29, 0.717) is 30.8 Å². The first-order valence-corrected chi connectivity index (χ1v) is 19.9. The number of carbonyl (C=O) groups excluding carboxylic acids is 4. The maximum atomic E-state index is 13.8. The number of thiazole rings is 1. The molecule has 0 aliphatic carbocycles. The van der Waals surface area contributed by atoms with E-state index in [9.17, 15) is 27.6 Å². The van der Waals surface area contributed by atoms with E-state index in [4.69, 9.17) is 9.47 Å². The molecule has 13 nitrogen and oxygen atoms in total. The number of ether oxygens (including phenoxy) is 2. The van der Waals surface area contributed by atoms with Gasteiger partial charge in [0.2, 0.25) is 17.7 Å². The summed E-state index contributed by atoms with van der Waals surface area (Å²) in [4.78, 5) is 57.1. The van der Waals surface area contributed by atoms with E-state index >= 15 is 0 Å². The largest absolute Gasteiger partial charge is 0.442 e. The number of hydrogen-bond donors (Lipinski definition) is 4. The van der Waals surface area contributed by atoms with Crippen molar-refractivity contribution in [1.82, 2.24) is 26.3 Å². The van der Waals surface area contributed by atoms with Crippen molar-refractivity contribution >= 4 is 45.0 Å². The van der Waals surface area contributed by atoms with E-state index < -0.39 is 63.0 Å². The predicted octanol–water partition coefficient (Wildman–Crippen LogP) is 4.13. The molecule has 0 bridgehead atoms. The molecule has 5 atom stereocenters. The molecular weight excluding hydrogens is 671 g/mol. The summed E-state index contributed by atoms with van der Waals surface area (Å²) in [6.07, 6.45) is -0.211. The molecule has 1 rings (SSSR count). The Morgan fingerprint density at radius 2 is 1.51 bits per heavy atom. The summed E-state index contributed by atoms with van der Waals surface area (Å²) in [6.45, 7) is 19.1. The van der Waals surface area contributed by atoms with Crippen molar-refractivity contribution in [1.29, 1.82) is 0 Å². The molecule has 1 unspecified atom stereocenters. The summed E-state index contributed by atoms with van der Waals surface area (Å²) in [7, 11) is -2.30. The lowest BCUT2D eigenvalue weighted by Gasteiger charge is -2.32. The van der Waals surface area contributed by atoms with Crippen molar-refractivity contribution in [2.75, 3.05) is 19.4 Å². The first-order chi connectivity index (χ1) is 22.8. The molecule has 0 spiro atoms. The zero-order valence-corrected chi connectivity index (χ0v) is 32.9. The van der Waals surface area contributed by atoms with Gasteiger partial charge >= 0.3 is 6.09 Å². The van der Waals surface area contributed by atoms with Crippen molar-refractivity contribution in [2.24, 2.45) is 23.7 Å². The van der Waals surface area contributed by atoms with E-state index in [0.717, 1.165) is 5.69 Å². The van der Waals surface area contributed by atoms with Gasteiger partial charge in [-0.15, -0.1) is 11.3 Å². The number of aryl methyl sites for hydroxylation is 1. The van der Waals surface area contributed by atoms with Gasteiger partial charge in [0.05, 0.1) is 23.1 Å². The van der Waals surface area contributed by atoms with Crippen LogP contribution in [0, 0.1) is 30.6 Å². The highest BCUT2D eigenvalue weighted by Gasteiger charge is 2.35. The first-order valence-electron chi connectivity index (χ1n) is 17.3. The molecule has 4 N–H and O–H groups in total. The van der Waals surface area contributed by atoms with Crippen LogP contribution in [-0.4, -0.2) is 86.1 Å². The van der Waals surface area contributed by atoms with E-state index in [2.05, 4.69) is 26.3 Å². The molecule has 15 heteroatoms. The summed E-state index contributed by atoms with van der Waals surface area (Å²) in [5.74, 6) is -2.29. The van der Waals surface area contributed by atoms with Crippen LogP contribution in [0.25, 0.3) is 0 Å². The van der Waals surface area contributed by atoms with Gasteiger partial charge in [0, 0.05) is 30.6 Å². The van der Waals surface area contributed by atoms with Gasteiger partial charge in [-0.1, -0.05) is 62.3 Å². The molecule has 0 aliphatic rings. The number of hydrogen-bond acceptors (Lipinski definition) is 10. The molecule has 282 valence electrons. The van der Waals surface area contributed by atoms with Gasteiger partial charge in [-0.25, -0.2) is 18.2 Å². The molecule has 4 amide bonds. The third kappa shape index (κ3) is 15.8. The fourth-order valence-corrected chi connectivity index (χ4v) is 8.02. The van der Waals surface area contributed by atoms with Crippen molar-refractivity contribution < 1.29 is 37.1 Å². The van der Waals surface area contributed by atoms with E-state index in [1.54, 1.807) is 20.8 Å². The summed E-state index contributed by atoms with van der Waals surface area (Å²) in [5, 5.41) is 12.8. The van der Waals surface area contributed by atoms with Crippen LogP contribution in [0.15, 0.2) is 5.38 Å². The minimum absolute atomic E-state index is 0.0912. The van der Waals surface area contributed by atoms with Crippen LogP contribution in [0.5, 0.6) is 0 Å². The smallest absolute Gasteiger partial charge is 0.408 e. The quantitative estimate of drug-likeness (QED) is 0.136. The predicted molar refractivity (Wildman–Crippen MR) is 193 cm³/mol. The van der Waals surface area contributed by atoms with Gasteiger partial charge in [0.25, 0.3) is 0 Å². The number of carbonyl (C=O) groups is 4. The first kappa shape index (κ1) is 44.2. The van der Waals surface area contributed by atoms with Gasteiger partial charge in [-0.2, -0.15) is 0 Å². The maximum Gasteiger partial charge on any atom is 0.408 e. The van der Waals surface area contributed by atoms with E-state index in [1.165, 1.54) is 18.4 Å². The van der Waals surface area contributed by atoms with Crippen molar-refractivity contribution in [3.05, 3.63) is 16.1 Å². The van der Waals surface area contributed by atoms with E-state index in [-0.39, 0.29) is 42.6 Å². The number of nitrogens with zero attached hydrogens (tertiary/aromatic N) is 1. The molecule has 0 fully saturated rings. The number of amides is 4. The van der Waals surface area contributed by atoms with Gasteiger partial charge < -0.3 is 30.7 Å². The van der Waals surface area contributed by atoms with Gasteiger partial charge in [-0.05, 0) is 50.4 Å². The lowest BCUT2D eigenvalue weighted by molar-refractivity contribution is -0.132. The Bertz CT molecular complexity index is 1300. The number of rotatable bonds is 22. The average molecular weight is 732 g/mol. The molecule has 0 saturated heterocycles. The summed E-state index contributed by atoms with van der Waals surface area (Å²) in [6, 6.07) is -2.79. The zero-order valence-electron chi connectivity index (χ0n) is 31.3. The highest BCUT2D eigenvalue weighted by Crippen LogP contribution is 2.20. The average Bonchev–Trinajstić information content (AvgIpc) is 3.43. The number of alkyl carbamates (subject to hydrolysis) is 1. The zero-order chi connectivity index (χ0) is 37.5. The molecule has 1 heterocycles. The standard InChI is InChI=1S/C34H61N5O8S2/c1-12-25(13-2)49(44,45)19-27(38-34(43)47-17-29-36-24(10)18-48-29)32(41)37-26(14-20(3)4)28(46-11)15-23(9)31(40)39-30(22(7)8)33(42)35-16-21(5)6/h18,20-23,25-28,30H,12-17,19H2,1-11H3,(H,35,42)(H,37,41)(H,38,43)(H,39,40)/t23-,26-,27?,28+,30-/m1/s1. The van der Waals surface area contributed by atoms with Crippen LogP contribution in [0.1, 0.15) is 98.7 Å². The Balaban J connectivity index is 3.20. The van der Waals surface area contributed by atoms with Crippen LogP contribution in [0.3, 0.4) is 0 Å². The lowest BCUT2D eigenvalue weighted by atomic mass is 9.91. The van der Waals surface area contributed by atoms with Crippen LogP contribution in [0.2, 0.25) is 0 Å². The van der Waals surface area contributed by atoms with Crippen LogP contribution in [0.4, 0.5) is 4.79 Å². The van der Waals surface area contributed by atoms with Crippen LogP contribution >= 0.6 is 11.3 Å². The number of aromatic nitrogens is 1. The molecular formula is C34H61N5O8S2. The Morgan fingerprint density at radius 1 is 0.878 bits per heavy atom. The van der Waals surface area contributed by atoms with Crippen molar-refractivity contribution in [3.63, 3.8) is 0 Å². The topological polar surface area (TPSA) is 182 Å². The monoisotopic (exact) mass is 731 g/mol. The highest BCUT2D eigenvalue weighted by molar-refractivity contribution is 7.92. The van der Waals surface area contributed by atoms with Gasteiger partial charge in [0.15, 0.2) is 9.84 Å². The number of methoxy groups -OCH3 is 1. The highest BCUT2D eigenvalue weighted by atomic mass is 32.2. The summed E-state index contributed by atoms with van der Waals surface area (Å²) >= 11 is 1.32. The molecule has 0 radical (unpaired) electrons. The minimum Gasteiger partial charge on any atom is -0.442 e. The van der Waals surface area contributed by atoms with Crippen LogP contribution in [-0.2, 0) is 40.3 Å². The molecule has 49 heavy (non-hydrogen) atoms. The molecule has 1 aromatic rings. The maximum absolute atomic E-state index is 13.8. The third-order valence-electron chi connectivity index (χ3n) is 8.19. The number of sulfone groups is 1.